The monoisotopic (exact) mass is 329 g/mol. The van der Waals surface area contributed by atoms with Crippen molar-refractivity contribution in [2.45, 2.75) is 6.42 Å². The van der Waals surface area contributed by atoms with E-state index in [1.54, 1.807) is 38.5 Å². The fourth-order valence-corrected chi connectivity index (χ4v) is 3.06. The van der Waals surface area contributed by atoms with Crippen LogP contribution in [0.1, 0.15) is 11.1 Å². The minimum atomic E-state index is -0.237. The number of nitrogens with zero attached hydrogens (tertiary/aromatic N) is 1. The topological polar surface area (TPSA) is 73.7 Å². The zero-order valence-corrected chi connectivity index (χ0v) is 13.7. The van der Waals surface area contributed by atoms with Gasteiger partial charge >= 0.3 is 0 Å². The second-order valence-corrected chi connectivity index (χ2v) is 5.52. The zero-order chi connectivity index (χ0) is 17.3. The minimum absolute atomic E-state index is 0.237. The Labute approximate surface area is 140 Å². The van der Waals surface area contributed by atoms with E-state index in [-0.39, 0.29) is 5.82 Å². The highest BCUT2D eigenvalue weighted by Gasteiger charge is 2.25. The lowest BCUT2D eigenvalue weighted by atomic mass is 10.1. The number of rotatable bonds is 4. The van der Waals surface area contributed by atoms with Crippen molar-refractivity contribution in [1.29, 1.82) is 0 Å². The number of fused-ring (bicyclic) bond motifs is 1. The molecule has 1 aliphatic rings. The van der Waals surface area contributed by atoms with Crippen LogP contribution in [0.25, 0.3) is 5.70 Å². The van der Waals surface area contributed by atoms with Gasteiger partial charge in [-0.3, -0.25) is 0 Å². The molecule has 4 N–H and O–H groups in total. The Bertz CT molecular complexity index is 805. The molecule has 126 valence electrons. The number of ether oxygens (including phenoxy) is 2. The molecule has 0 aliphatic carbocycles. The van der Waals surface area contributed by atoms with Gasteiger partial charge in [-0.15, -0.1) is 0 Å². The lowest BCUT2D eigenvalue weighted by Crippen LogP contribution is -2.20. The van der Waals surface area contributed by atoms with Crippen molar-refractivity contribution in [2.75, 3.05) is 31.4 Å². The highest BCUT2D eigenvalue weighted by Crippen LogP contribution is 2.40. The molecular weight excluding hydrogens is 309 g/mol. The Hall–Kier alpha value is -2.89. The van der Waals surface area contributed by atoms with Gasteiger partial charge in [-0.2, -0.15) is 0 Å². The fourth-order valence-electron chi connectivity index (χ4n) is 3.06. The van der Waals surface area contributed by atoms with Crippen molar-refractivity contribution in [3.63, 3.8) is 0 Å². The van der Waals surface area contributed by atoms with Crippen molar-refractivity contribution in [2.24, 2.45) is 5.73 Å². The first kappa shape index (κ1) is 16.0. The summed E-state index contributed by atoms with van der Waals surface area (Å²) in [6.45, 7) is 0.704. The summed E-state index contributed by atoms with van der Waals surface area (Å²) in [6.07, 6.45) is 2.26. The van der Waals surface area contributed by atoms with Crippen molar-refractivity contribution in [3.8, 4) is 11.5 Å². The summed E-state index contributed by atoms with van der Waals surface area (Å²) in [5.74, 6) is 0.887. The predicted octanol–water partition coefficient (Wildman–Crippen LogP) is 2.74. The van der Waals surface area contributed by atoms with Gasteiger partial charge in [-0.1, -0.05) is 0 Å². The van der Waals surface area contributed by atoms with Crippen LogP contribution < -0.4 is 25.8 Å². The first-order valence-corrected chi connectivity index (χ1v) is 7.58. The third-order valence-electron chi connectivity index (χ3n) is 4.22. The Morgan fingerprint density at radius 2 is 1.88 bits per heavy atom. The smallest absolute Gasteiger partial charge is 0.162 e. The molecule has 0 radical (unpaired) electrons. The van der Waals surface area contributed by atoms with E-state index >= 15 is 0 Å². The SMILES string of the molecule is COc1cc(N)c(/C(=C\N)N2CCc3cc(F)ccc32)cc1OC. The average Bonchev–Trinajstić information content (AvgIpc) is 2.99. The van der Waals surface area contributed by atoms with Gasteiger partial charge < -0.3 is 25.8 Å². The molecule has 1 aliphatic heterocycles. The van der Waals surface area contributed by atoms with Gasteiger partial charge in [-0.05, 0) is 36.2 Å². The van der Waals surface area contributed by atoms with Crippen molar-refractivity contribution in [3.05, 3.63) is 53.5 Å². The molecule has 0 atom stereocenters. The van der Waals surface area contributed by atoms with E-state index in [9.17, 15) is 4.39 Å². The molecule has 0 saturated carbocycles. The molecule has 5 nitrogen and oxygen atoms in total. The summed E-state index contributed by atoms with van der Waals surface area (Å²) >= 11 is 0. The van der Waals surface area contributed by atoms with E-state index in [2.05, 4.69) is 0 Å². The normalized spacial score (nSPS) is 13.8. The molecule has 1 heterocycles. The maximum atomic E-state index is 13.4. The first-order valence-electron chi connectivity index (χ1n) is 7.58. The largest absolute Gasteiger partial charge is 0.493 e. The number of hydrogen-bond donors (Lipinski definition) is 2. The van der Waals surface area contributed by atoms with Gasteiger partial charge in [0, 0.05) is 35.7 Å². The quantitative estimate of drug-likeness (QED) is 0.844. The molecule has 3 rings (SSSR count). The second kappa shape index (κ2) is 6.31. The molecule has 0 fully saturated rings. The number of methoxy groups -OCH3 is 2. The standard InChI is InChI=1S/C18H20FN3O2/c1-23-17-8-13(14(21)9-18(17)24-2)16(10-20)22-6-5-11-7-12(19)3-4-15(11)22/h3-4,7-10H,5-6,20-21H2,1-2H3/b16-10+. The Morgan fingerprint density at radius 1 is 1.17 bits per heavy atom. The Morgan fingerprint density at radius 3 is 2.54 bits per heavy atom. The predicted molar refractivity (Wildman–Crippen MR) is 93.6 cm³/mol. The van der Waals surface area contributed by atoms with Crippen molar-refractivity contribution in [1.82, 2.24) is 0 Å². The van der Waals surface area contributed by atoms with Gasteiger partial charge in [-0.25, -0.2) is 4.39 Å². The number of nitrogen functional groups attached to an aromatic ring is 1. The van der Waals surface area contributed by atoms with Crippen molar-refractivity contribution >= 4 is 17.1 Å². The molecule has 0 aromatic heterocycles. The van der Waals surface area contributed by atoms with E-state index in [0.717, 1.165) is 28.9 Å². The van der Waals surface area contributed by atoms with Gasteiger partial charge in [0.2, 0.25) is 0 Å². The molecule has 0 spiro atoms. The lowest BCUT2D eigenvalue weighted by molar-refractivity contribution is 0.355. The first-order chi connectivity index (χ1) is 11.6. The van der Waals surface area contributed by atoms with E-state index in [4.69, 9.17) is 20.9 Å². The molecule has 0 unspecified atom stereocenters. The van der Waals surface area contributed by atoms with E-state index in [1.807, 2.05) is 4.90 Å². The minimum Gasteiger partial charge on any atom is -0.493 e. The summed E-state index contributed by atoms with van der Waals surface area (Å²) in [7, 11) is 3.12. The molecular formula is C18H20FN3O2. The molecule has 24 heavy (non-hydrogen) atoms. The highest BCUT2D eigenvalue weighted by molar-refractivity contribution is 5.87. The molecule has 0 bridgehead atoms. The fraction of sp³-hybridized carbons (Fsp3) is 0.222. The van der Waals surface area contributed by atoms with Crippen LogP contribution in [0.4, 0.5) is 15.8 Å². The molecule has 0 amide bonds. The van der Waals surface area contributed by atoms with Gasteiger partial charge in [0.25, 0.3) is 0 Å². The van der Waals surface area contributed by atoms with E-state index < -0.39 is 0 Å². The zero-order valence-electron chi connectivity index (χ0n) is 13.7. The Balaban J connectivity index is 2.06. The van der Waals surface area contributed by atoms with Crippen LogP contribution in [0, 0.1) is 5.82 Å². The number of anilines is 2. The van der Waals surface area contributed by atoms with Crippen LogP contribution in [-0.2, 0) is 6.42 Å². The number of benzene rings is 2. The van der Waals surface area contributed by atoms with Crippen LogP contribution in [0.2, 0.25) is 0 Å². The Kier molecular flexibility index (Phi) is 4.20. The van der Waals surface area contributed by atoms with Gasteiger partial charge in [0.05, 0.1) is 19.9 Å². The summed E-state index contributed by atoms with van der Waals surface area (Å²) < 4.78 is 24.1. The van der Waals surface area contributed by atoms with Crippen LogP contribution in [0.3, 0.4) is 0 Å². The third kappa shape index (κ3) is 2.60. The number of nitrogens with two attached hydrogens (primary N) is 2. The number of hydrogen-bond acceptors (Lipinski definition) is 5. The van der Waals surface area contributed by atoms with Crippen LogP contribution in [0.5, 0.6) is 11.5 Å². The number of halogens is 1. The van der Waals surface area contributed by atoms with Crippen molar-refractivity contribution < 1.29 is 13.9 Å². The molecule has 6 heteroatoms. The summed E-state index contributed by atoms with van der Waals surface area (Å²) in [4.78, 5) is 2.03. The van der Waals surface area contributed by atoms with Crippen LogP contribution in [0.15, 0.2) is 36.5 Å². The van der Waals surface area contributed by atoms with Gasteiger partial charge in [0.1, 0.15) is 5.82 Å². The maximum absolute atomic E-state index is 13.4. The maximum Gasteiger partial charge on any atom is 0.162 e. The van der Waals surface area contributed by atoms with Gasteiger partial charge in [0.15, 0.2) is 11.5 Å². The summed E-state index contributed by atoms with van der Waals surface area (Å²) in [5, 5.41) is 0. The molecule has 2 aromatic rings. The highest BCUT2D eigenvalue weighted by atomic mass is 19.1. The molecule has 0 saturated heterocycles. The summed E-state index contributed by atoms with van der Waals surface area (Å²) in [6, 6.07) is 8.27. The van der Waals surface area contributed by atoms with E-state index in [1.165, 1.54) is 12.3 Å². The second-order valence-electron chi connectivity index (χ2n) is 5.52. The molecule has 2 aromatic carbocycles. The van der Waals surface area contributed by atoms with Crippen LogP contribution >= 0.6 is 0 Å². The summed E-state index contributed by atoms with van der Waals surface area (Å²) in [5.41, 5.74) is 16.0. The average molecular weight is 329 g/mol. The van der Waals surface area contributed by atoms with E-state index in [0.29, 0.717) is 23.7 Å². The third-order valence-corrected chi connectivity index (χ3v) is 4.22. The van der Waals surface area contributed by atoms with Crippen LogP contribution in [-0.4, -0.2) is 20.8 Å². The lowest BCUT2D eigenvalue weighted by Gasteiger charge is -2.24.